The molecule has 0 atom stereocenters. The molecule has 2 heteroatoms. The average Bonchev–Trinajstić information content (AvgIpc) is 2.92. The number of imidazole rings is 1. The molecule has 2 nitrogen and oxygen atoms in total. The van der Waals surface area contributed by atoms with E-state index in [0.29, 0.717) is 0 Å². The normalized spacial score (nSPS) is 11.6. The Balaban J connectivity index is 2.37. The van der Waals surface area contributed by atoms with Crippen LogP contribution in [0.1, 0.15) is 12.6 Å². The van der Waals surface area contributed by atoms with Crippen LogP contribution in [-0.4, -0.2) is 9.38 Å². The number of pyridine rings is 1. The molecule has 0 N–H and O–H groups in total. The lowest BCUT2D eigenvalue weighted by Crippen LogP contribution is -1.89. The fourth-order valence-electron chi connectivity index (χ4n) is 2.80. The van der Waals surface area contributed by atoms with Crippen LogP contribution >= 0.6 is 0 Å². The highest BCUT2D eigenvalue weighted by Crippen LogP contribution is 2.29. The zero-order valence-electron chi connectivity index (χ0n) is 10.8. The van der Waals surface area contributed by atoms with Crippen molar-refractivity contribution in [2.24, 2.45) is 0 Å². The van der Waals surface area contributed by atoms with Crippen molar-refractivity contribution in [2.75, 3.05) is 0 Å². The van der Waals surface area contributed by atoms with Gasteiger partial charge in [-0.1, -0.05) is 49.4 Å². The molecule has 92 valence electrons. The number of para-hydroxylation sites is 1. The molecule has 19 heavy (non-hydrogen) atoms. The molecule has 0 saturated carbocycles. The zero-order valence-corrected chi connectivity index (χ0v) is 10.8. The van der Waals surface area contributed by atoms with Gasteiger partial charge in [0, 0.05) is 17.0 Å². The van der Waals surface area contributed by atoms with Gasteiger partial charge in [-0.05, 0) is 17.9 Å². The van der Waals surface area contributed by atoms with Crippen LogP contribution in [0.25, 0.3) is 27.3 Å². The van der Waals surface area contributed by atoms with Gasteiger partial charge in [-0.15, -0.1) is 0 Å². The van der Waals surface area contributed by atoms with E-state index in [-0.39, 0.29) is 0 Å². The smallest absolute Gasteiger partial charge is 0.145 e. The monoisotopic (exact) mass is 246 g/mol. The molecule has 2 aromatic carbocycles. The van der Waals surface area contributed by atoms with Crippen LogP contribution in [0, 0.1) is 0 Å². The summed E-state index contributed by atoms with van der Waals surface area (Å²) in [4.78, 5) is 4.77. The molecule has 0 unspecified atom stereocenters. The van der Waals surface area contributed by atoms with Gasteiger partial charge < -0.3 is 0 Å². The topological polar surface area (TPSA) is 17.3 Å². The van der Waals surface area contributed by atoms with Crippen LogP contribution in [0.2, 0.25) is 0 Å². The lowest BCUT2D eigenvalue weighted by Gasteiger charge is -2.07. The second-order valence-electron chi connectivity index (χ2n) is 4.84. The number of benzene rings is 2. The third-order valence-corrected chi connectivity index (χ3v) is 3.74. The Labute approximate surface area is 111 Å². The zero-order chi connectivity index (χ0) is 12.8. The third kappa shape index (κ3) is 1.40. The number of aromatic nitrogens is 2. The summed E-state index contributed by atoms with van der Waals surface area (Å²) in [6.45, 7) is 2.14. The number of hydrogen-bond acceptors (Lipinski definition) is 1. The van der Waals surface area contributed by atoms with Crippen molar-refractivity contribution < 1.29 is 0 Å². The molecule has 0 aliphatic carbocycles. The Morgan fingerprint density at radius 3 is 2.37 bits per heavy atom. The number of fused-ring (bicyclic) bond motifs is 6. The molecule has 0 amide bonds. The van der Waals surface area contributed by atoms with E-state index < -0.39 is 0 Å². The summed E-state index contributed by atoms with van der Waals surface area (Å²) in [6, 6.07) is 17.0. The first kappa shape index (κ1) is 10.6. The average molecular weight is 246 g/mol. The van der Waals surface area contributed by atoms with E-state index >= 15 is 0 Å². The summed E-state index contributed by atoms with van der Waals surface area (Å²) >= 11 is 0. The quantitative estimate of drug-likeness (QED) is 0.460. The van der Waals surface area contributed by atoms with Gasteiger partial charge in [0.1, 0.15) is 5.65 Å². The van der Waals surface area contributed by atoms with E-state index in [1.54, 1.807) is 0 Å². The summed E-state index contributed by atoms with van der Waals surface area (Å²) in [7, 11) is 0. The van der Waals surface area contributed by atoms with Gasteiger partial charge in [0.05, 0.1) is 11.2 Å². The first-order valence-electron chi connectivity index (χ1n) is 6.66. The minimum absolute atomic E-state index is 0.963. The number of nitrogens with zero attached hydrogens (tertiary/aromatic N) is 2. The second kappa shape index (κ2) is 3.82. The molecule has 4 rings (SSSR count). The molecule has 4 aromatic rings. The lowest BCUT2D eigenvalue weighted by atomic mass is 10.1. The van der Waals surface area contributed by atoms with Gasteiger partial charge in [0.2, 0.25) is 0 Å². The van der Waals surface area contributed by atoms with Crippen LogP contribution in [0.5, 0.6) is 0 Å². The Morgan fingerprint density at radius 1 is 0.895 bits per heavy atom. The van der Waals surface area contributed by atoms with Gasteiger partial charge in [-0.3, -0.25) is 4.40 Å². The Hall–Kier alpha value is -2.35. The minimum atomic E-state index is 0.963. The maximum Gasteiger partial charge on any atom is 0.145 e. The summed E-state index contributed by atoms with van der Waals surface area (Å²) in [5.41, 5.74) is 3.43. The molecule has 2 heterocycles. The van der Waals surface area contributed by atoms with Gasteiger partial charge in [-0.25, -0.2) is 4.98 Å². The molecule has 0 aliphatic rings. The van der Waals surface area contributed by atoms with Crippen molar-refractivity contribution in [3.05, 3.63) is 60.4 Å². The van der Waals surface area contributed by atoms with Crippen molar-refractivity contribution in [3.8, 4) is 0 Å². The second-order valence-corrected chi connectivity index (χ2v) is 4.84. The highest BCUT2D eigenvalue weighted by molar-refractivity contribution is 6.11. The third-order valence-electron chi connectivity index (χ3n) is 3.74. The van der Waals surface area contributed by atoms with Crippen LogP contribution < -0.4 is 0 Å². The highest BCUT2D eigenvalue weighted by atomic mass is 15.0. The van der Waals surface area contributed by atoms with Gasteiger partial charge in [0.25, 0.3) is 0 Å². The SMILES string of the molecule is CCc1cn2c3ccccc3c3ccccc3c2n1. The fraction of sp³-hybridized carbons (Fsp3) is 0.118. The Kier molecular flexibility index (Phi) is 2.12. The number of aryl methyl sites for hydroxylation is 1. The molecule has 0 radical (unpaired) electrons. The van der Waals surface area contributed by atoms with Gasteiger partial charge >= 0.3 is 0 Å². The predicted octanol–water partition coefficient (Wildman–Crippen LogP) is 4.20. The van der Waals surface area contributed by atoms with Crippen LogP contribution in [0.15, 0.2) is 54.7 Å². The van der Waals surface area contributed by atoms with E-state index in [4.69, 9.17) is 4.98 Å². The first-order chi connectivity index (χ1) is 9.38. The summed E-state index contributed by atoms with van der Waals surface area (Å²) in [5, 5.41) is 3.78. The van der Waals surface area contributed by atoms with Crippen molar-refractivity contribution in [1.29, 1.82) is 0 Å². The molecule has 0 spiro atoms. The number of rotatable bonds is 1. The lowest BCUT2D eigenvalue weighted by molar-refractivity contribution is 1.07. The maximum atomic E-state index is 4.77. The van der Waals surface area contributed by atoms with E-state index in [1.165, 1.54) is 21.7 Å². The highest BCUT2D eigenvalue weighted by Gasteiger charge is 2.09. The van der Waals surface area contributed by atoms with Crippen molar-refractivity contribution in [3.63, 3.8) is 0 Å². The summed E-state index contributed by atoms with van der Waals surface area (Å²) < 4.78 is 2.22. The van der Waals surface area contributed by atoms with Crippen molar-refractivity contribution in [1.82, 2.24) is 9.38 Å². The Morgan fingerprint density at radius 2 is 1.58 bits per heavy atom. The van der Waals surface area contributed by atoms with Crippen LogP contribution in [0.3, 0.4) is 0 Å². The van der Waals surface area contributed by atoms with E-state index in [2.05, 4.69) is 66.1 Å². The van der Waals surface area contributed by atoms with Crippen molar-refractivity contribution >= 4 is 27.3 Å². The van der Waals surface area contributed by atoms with Crippen molar-refractivity contribution in [2.45, 2.75) is 13.3 Å². The summed E-state index contributed by atoms with van der Waals surface area (Å²) in [5.74, 6) is 0. The van der Waals surface area contributed by atoms with Gasteiger partial charge in [0.15, 0.2) is 0 Å². The molecule has 0 aliphatic heterocycles. The predicted molar refractivity (Wildman–Crippen MR) is 79.6 cm³/mol. The largest absolute Gasteiger partial charge is 0.299 e. The Bertz CT molecular complexity index is 830. The standard InChI is InChI=1S/C17H14N2/c1-2-12-11-19-16-10-6-5-8-14(16)13-7-3-4-9-15(13)17(19)18-12/h3-11H,2H2,1H3. The van der Waals surface area contributed by atoms with Crippen LogP contribution in [0.4, 0.5) is 0 Å². The number of hydrogen-bond donors (Lipinski definition) is 0. The van der Waals surface area contributed by atoms with E-state index in [0.717, 1.165) is 17.8 Å². The molecule has 2 aromatic heterocycles. The van der Waals surface area contributed by atoms with Gasteiger partial charge in [-0.2, -0.15) is 0 Å². The molecular formula is C17H14N2. The summed E-state index contributed by atoms with van der Waals surface area (Å²) in [6.07, 6.45) is 3.12. The van der Waals surface area contributed by atoms with Crippen LogP contribution in [-0.2, 0) is 6.42 Å². The first-order valence-corrected chi connectivity index (χ1v) is 6.66. The van der Waals surface area contributed by atoms with E-state index in [9.17, 15) is 0 Å². The molecule has 0 bridgehead atoms. The minimum Gasteiger partial charge on any atom is -0.299 e. The maximum absolute atomic E-state index is 4.77. The molecule has 0 fully saturated rings. The van der Waals surface area contributed by atoms with E-state index in [1.807, 2.05) is 0 Å². The molecular weight excluding hydrogens is 232 g/mol. The fourth-order valence-corrected chi connectivity index (χ4v) is 2.80. The molecule has 0 saturated heterocycles.